The fourth-order valence-corrected chi connectivity index (χ4v) is 1.84. The summed E-state index contributed by atoms with van der Waals surface area (Å²) >= 11 is 0. The summed E-state index contributed by atoms with van der Waals surface area (Å²) in [6.07, 6.45) is 0. The van der Waals surface area contributed by atoms with Crippen molar-refractivity contribution in [3.8, 4) is 12.1 Å². The molecular weight excluding hydrogens is 310 g/mol. The molecule has 0 aromatic heterocycles. The van der Waals surface area contributed by atoms with E-state index in [9.17, 15) is 14.9 Å². The van der Waals surface area contributed by atoms with E-state index in [1.165, 1.54) is 36.4 Å². The first-order valence-corrected chi connectivity index (χ1v) is 6.63. The Balaban J connectivity index is 2.42. The number of ether oxygens (including phenoxy) is 1. The van der Waals surface area contributed by atoms with E-state index in [1.54, 1.807) is 30.3 Å². The number of hydrogen-bond acceptors (Lipinski definition) is 6. The normalized spacial score (nSPS) is 9.25. The third-order valence-electron chi connectivity index (χ3n) is 3.00. The summed E-state index contributed by atoms with van der Waals surface area (Å²) in [6, 6.07) is 16.3. The van der Waals surface area contributed by atoms with E-state index in [0.717, 1.165) is 0 Å². The summed E-state index contributed by atoms with van der Waals surface area (Å²) in [7, 11) is 0. The Bertz CT molecular complexity index is 872. The number of carbonyl (C=O) groups excluding carboxylic acids is 1. The molecule has 24 heavy (non-hydrogen) atoms. The Morgan fingerprint density at radius 2 is 1.54 bits per heavy atom. The largest absolute Gasteiger partial charge is 0.420 e. The van der Waals surface area contributed by atoms with Crippen LogP contribution in [0, 0.1) is 32.8 Å². The molecule has 0 aliphatic heterocycles. The van der Waals surface area contributed by atoms with Crippen molar-refractivity contribution in [1.82, 2.24) is 0 Å². The lowest BCUT2D eigenvalue weighted by Gasteiger charge is -2.09. The highest BCUT2D eigenvalue weighted by Gasteiger charge is 2.18. The Morgan fingerprint density at radius 1 is 0.958 bits per heavy atom. The average molecular weight is 319 g/mol. The number of nitriles is 2. The summed E-state index contributed by atoms with van der Waals surface area (Å²) in [5.41, 5.74) is -0.119. The van der Waals surface area contributed by atoms with Gasteiger partial charge in [0.15, 0.2) is 11.3 Å². The average Bonchev–Trinajstić information content (AvgIpc) is 2.62. The molecule has 0 unspecified atom stereocenters. The van der Waals surface area contributed by atoms with Crippen LogP contribution in [0.2, 0.25) is 0 Å². The molecule has 0 heterocycles. The van der Waals surface area contributed by atoms with Gasteiger partial charge in [-0.15, -0.1) is 0 Å². The summed E-state index contributed by atoms with van der Waals surface area (Å²) in [5, 5.41) is 28.8. The molecule has 2 rings (SSSR count). The van der Waals surface area contributed by atoms with Crippen LogP contribution in [0.1, 0.15) is 15.9 Å². The molecule has 0 aliphatic carbocycles. The van der Waals surface area contributed by atoms with E-state index in [1.807, 2.05) is 0 Å². The third-order valence-corrected chi connectivity index (χ3v) is 3.00. The lowest BCUT2D eigenvalue weighted by Crippen LogP contribution is -2.06. The van der Waals surface area contributed by atoms with Crippen molar-refractivity contribution in [2.45, 2.75) is 0 Å². The quantitative estimate of drug-likeness (QED) is 0.281. The van der Waals surface area contributed by atoms with E-state index in [-0.39, 0.29) is 22.6 Å². The van der Waals surface area contributed by atoms with Crippen LogP contribution >= 0.6 is 0 Å². The highest BCUT2D eigenvalue weighted by Crippen LogP contribution is 2.24. The molecule has 0 radical (unpaired) electrons. The molecule has 0 aliphatic rings. The third kappa shape index (κ3) is 3.62. The lowest BCUT2D eigenvalue weighted by atomic mass is 10.1. The molecule has 0 amide bonds. The van der Waals surface area contributed by atoms with E-state index in [0.29, 0.717) is 0 Å². The van der Waals surface area contributed by atoms with Gasteiger partial charge < -0.3 is 4.74 Å². The van der Waals surface area contributed by atoms with Crippen molar-refractivity contribution >= 4 is 17.4 Å². The van der Waals surface area contributed by atoms with Crippen molar-refractivity contribution in [2.75, 3.05) is 0 Å². The predicted octanol–water partition coefficient (Wildman–Crippen LogP) is 3.21. The van der Waals surface area contributed by atoms with Gasteiger partial charge in [0, 0.05) is 17.7 Å². The molecule has 0 saturated heterocycles. The maximum absolute atomic E-state index is 12.2. The van der Waals surface area contributed by atoms with Gasteiger partial charge in [0.05, 0.1) is 10.5 Å². The molecule has 2 aromatic carbocycles. The zero-order chi connectivity index (χ0) is 17.5. The number of esters is 1. The number of hydrogen-bond donors (Lipinski definition) is 0. The smallest absolute Gasteiger partial charge is 0.343 e. The van der Waals surface area contributed by atoms with E-state index < -0.39 is 16.5 Å². The van der Waals surface area contributed by atoms with Crippen LogP contribution in [0.25, 0.3) is 5.76 Å². The fraction of sp³-hybridized carbons (Fsp3) is 0. The van der Waals surface area contributed by atoms with Crippen LogP contribution in [-0.2, 0) is 4.74 Å². The van der Waals surface area contributed by atoms with Crippen LogP contribution in [0.3, 0.4) is 0 Å². The number of benzene rings is 2. The number of nitrogens with zero attached hydrogens (tertiary/aromatic N) is 3. The molecule has 0 saturated carbocycles. The Kier molecular flexibility index (Phi) is 5.02. The topological polar surface area (TPSA) is 117 Å². The van der Waals surface area contributed by atoms with Crippen LogP contribution < -0.4 is 0 Å². The van der Waals surface area contributed by atoms with Crippen LogP contribution in [0.4, 0.5) is 5.69 Å². The van der Waals surface area contributed by atoms with Crippen molar-refractivity contribution in [1.29, 1.82) is 10.5 Å². The second kappa shape index (κ2) is 7.34. The number of allylic oxidation sites excluding steroid dienone is 1. The van der Waals surface area contributed by atoms with Crippen LogP contribution in [-0.4, -0.2) is 10.9 Å². The zero-order valence-corrected chi connectivity index (χ0v) is 12.2. The molecule has 0 fully saturated rings. The van der Waals surface area contributed by atoms with E-state index >= 15 is 0 Å². The Morgan fingerprint density at radius 3 is 2.04 bits per heavy atom. The van der Waals surface area contributed by atoms with Gasteiger partial charge >= 0.3 is 5.97 Å². The first kappa shape index (κ1) is 16.4. The zero-order valence-electron chi connectivity index (χ0n) is 12.2. The van der Waals surface area contributed by atoms with Gasteiger partial charge in [0.25, 0.3) is 5.69 Å². The fourth-order valence-electron chi connectivity index (χ4n) is 1.84. The Labute approximate surface area is 136 Å². The van der Waals surface area contributed by atoms with Gasteiger partial charge in [-0.1, -0.05) is 18.2 Å². The predicted molar refractivity (Wildman–Crippen MR) is 83.1 cm³/mol. The van der Waals surface area contributed by atoms with Gasteiger partial charge in [-0.25, -0.2) is 4.79 Å². The summed E-state index contributed by atoms with van der Waals surface area (Å²) in [6.45, 7) is 0. The first-order valence-electron chi connectivity index (χ1n) is 6.63. The van der Waals surface area contributed by atoms with Gasteiger partial charge in [0.1, 0.15) is 12.1 Å². The van der Waals surface area contributed by atoms with Gasteiger partial charge in [-0.3, -0.25) is 10.1 Å². The van der Waals surface area contributed by atoms with Gasteiger partial charge in [0.2, 0.25) is 0 Å². The van der Waals surface area contributed by atoms with Crippen molar-refractivity contribution in [3.63, 3.8) is 0 Å². The molecule has 2 aromatic rings. The SMILES string of the molecule is N#CC(C#N)=C(OC(=O)c1ccccc1)c1ccc([N+](=O)[O-])cc1. The maximum Gasteiger partial charge on any atom is 0.343 e. The monoisotopic (exact) mass is 319 g/mol. The van der Waals surface area contributed by atoms with Crippen molar-refractivity contribution in [2.24, 2.45) is 0 Å². The lowest BCUT2D eigenvalue weighted by molar-refractivity contribution is -0.384. The number of non-ortho nitro benzene ring substituents is 1. The molecule has 7 nitrogen and oxygen atoms in total. The van der Waals surface area contributed by atoms with Gasteiger partial charge in [-0.05, 0) is 24.3 Å². The minimum atomic E-state index is -0.744. The standard InChI is InChI=1S/C17H9N3O4/c18-10-14(11-19)16(12-6-8-15(9-7-12)20(22)23)24-17(21)13-4-2-1-3-5-13/h1-9H. The number of carbonyl (C=O) groups is 1. The highest BCUT2D eigenvalue weighted by molar-refractivity contribution is 5.94. The number of nitro groups is 1. The second-order valence-electron chi connectivity index (χ2n) is 4.49. The van der Waals surface area contributed by atoms with Gasteiger partial charge in [-0.2, -0.15) is 10.5 Å². The summed E-state index contributed by atoms with van der Waals surface area (Å²) in [4.78, 5) is 22.3. The Hall–Kier alpha value is -3.97. The number of nitro benzene ring substituents is 1. The van der Waals surface area contributed by atoms with Crippen molar-refractivity contribution < 1.29 is 14.5 Å². The second-order valence-corrected chi connectivity index (χ2v) is 4.49. The van der Waals surface area contributed by atoms with E-state index in [4.69, 9.17) is 15.3 Å². The minimum absolute atomic E-state index is 0.164. The summed E-state index contributed by atoms with van der Waals surface area (Å²) < 4.78 is 5.19. The summed E-state index contributed by atoms with van der Waals surface area (Å²) in [5.74, 6) is -0.990. The van der Waals surface area contributed by atoms with E-state index in [2.05, 4.69) is 0 Å². The minimum Gasteiger partial charge on any atom is -0.420 e. The molecule has 0 bridgehead atoms. The first-order chi connectivity index (χ1) is 11.6. The molecule has 116 valence electrons. The molecular formula is C17H9N3O4. The molecule has 7 heteroatoms. The maximum atomic E-state index is 12.2. The molecule has 0 atom stereocenters. The molecule has 0 N–H and O–H groups in total. The van der Waals surface area contributed by atoms with Crippen molar-refractivity contribution in [3.05, 3.63) is 81.4 Å². The highest BCUT2D eigenvalue weighted by atomic mass is 16.6. The molecule has 0 spiro atoms. The number of rotatable bonds is 4. The van der Waals surface area contributed by atoms with Crippen LogP contribution in [0.15, 0.2) is 60.2 Å². The van der Waals surface area contributed by atoms with Crippen LogP contribution in [0.5, 0.6) is 0 Å².